The minimum Gasteiger partial charge on any atom is -0.495 e. The Morgan fingerprint density at radius 2 is 1.79 bits per heavy atom. The maximum absolute atomic E-state index is 5.28. The highest BCUT2D eigenvalue weighted by molar-refractivity contribution is 9.10. The minimum absolute atomic E-state index is 0.534. The molecule has 1 aromatic heterocycles. The zero-order valence-corrected chi connectivity index (χ0v) is 12.5. The average molecular weight is 324 g/mol. The van der Waals surface area contributed by atoms with Crippen molar-refractivity contribution < 1.29 is 9.47 Å². The standard InChI is InChI=1S/C13H14BrN3O2/c1-8-4-5-15-13(16-8)17-9-6-10(18-2)12(14)11(7-9)19-3/h4-7H,1-3H3,(H,15,16,17). The Balaban J connectivity index is 2.35. The average Bonchev–Trinajstić information content (AvgIpc) is 2.40. The highest BCUT2D eigenvalue weighted by Gasteiger charge is 2.10. The van der Waals surface area contributed by atoms with E-state index in [1.165, 1.54) is 0 Å². The van der Waals surface area contributed by atoms with Crippen molar-refractivity contribution in [3.8, 4) is 11.5 Å². The second-order valence-corrected chi connectivity index (χ2v) is 4.63. The first kappa shape index (κ1) is 13.6. The third-order valence-electron chi connectivity index (χ3n) is 2.50. The van der Waals surface area contributed by atoms with Gasteiger partial charge in [0.2, 0.25) is 5.95 Å². The highest BCUT2D eigenvalue weighted by Crippen LogP contribution is 2.37. The Hall–Kier alpha value is -1.82. The van der Waals surface area contributed by atoms with Crippen molar-refractivity contribution in [2.24, 2.45) is 0 Å². The fourth-order valence-corrected chi connectivity index (χ4v) is 2.13. The Kier molecular flexibility index (Phi) is 4.21. The molecule has 0 aliphatic heterocycles. The van der Waals surface area contributed by atoms with Crippen LogP contribution in [0.3, 0.4) is 0 Å². The predicted molar refractivity (Wildman–Crippen MR) is 77.3 cm³/mol. The van der Waals surface area contributed by atoms with Crippen molar-refractivity contribution in [2.45, 2.75) is 6.92 Å². The van der Waals surface area contributed by atoms with E-state index in [-0.39, 0.29) is 0 Å². The van der Waals surface area contributed by atoms with Crippen LogP contribution in [0.1, 0.15) is 5.69 Å². The molecule has 2 aromatic rings. The van der Waals surface area contributed by atoms with Gasteiger partial charge in [0.05, 0.1) is 14.2 Å². The van der Waals surface area contributed by atoms with Crippen molar-refractivity contribution in [2.75, 3.05) is 19.5 Å². The van der Waals surface area contributed by atoms with Crippen LogP contribution in [0.5, 0.6) is 11.5 Å². The maximum Gasteiger partial charge on any atom is 0.227 e. The number of hydrogen-bond donors (Lipinski definition) is 1. The second-order valence-electron chi connectivity index (χ2n) is 3.84. The molecular formula is C13H14BrN3O2. The molecule has 0 fully saturated rings. The van der Waals surface area contributed by atoms with E-state index in [1.54, 1.807) is 20.4 Å². The van der Waals surface area contributed by atoms with E-state index in [2.05, 4.69) is 31.2 Å². The molecule has 6 heteroatoms. The van der Waals surface area contributed by atoms with Crippen LogP contribution < -0.4 is 14.8 Å². The van der Waals surface area contributed by atoms with Gasteiger partial charge >= 0.3 is 0 Å². The molecule has 0 saturated heterocycles. The quantitative estimate of drug-likeness (QED) is 0.935. The molecule has 1 aromatic carbocycles. The molecule has 0 aliphatic rings. The molecular weight excluding hydrogens is 310 g/mol. The summed E-state index contributed by atoms with van der Waals surface area (Å²) in [5, 5.41) is 3.12. The Bertz CT molecular complexity index is 565. The van der Waals surface area contributed by atoms with Gasteiger partial charge in [-0.25, -0.2) is 9.97 Å². The number of aryl methyl sites for hydroxylation is 1. The van der Waals surface area contributed by atoms with Gasteiger partial charge in [-0.05, 0) is 28.9 Å². The number of nitrogens with one attached hydrogen (secondary N) is 1. The van der Waals surface area contributed by atoms with Crippen LogP contribution in [-0.4, -0.2) is 24.2 Å². The first-order valence-electron chi connectivity index (χ1n) is 5.62. The number of hydrogen-bond acceptors (Lipinski definition) is 5. The van der Waals surface area contributed by atoms with E-state index in [1.807, 2.05) is 25.1 Å². The van der Waals surface area contributed by atoms with Crippen molar-refractivity contribution in [1.82, 2.24) is 9.97 Å². The predicted octanol–water partition coefficient (Wildman–Crippen LogP) is 3.31. The van der Waals surface area contributed by atoms with Gasteiger partial charge in [-0.15, -0.1) is 0 Å². The molecule has 5 nitrogen and oxygen atoms in total. The van der Waals surface area contributed by atoms with Crippen LogP contribution in [0.15, 0.2) is 28.9 Å². The van der Waals surface area contributed by atoms with Crippen LogP contribution in [0.4, 0.5) is 11.6 Å². The van der Waals surface area contributed by atoms with E-state index in [4.69, 9.17) is 9.47 Å². The van der Waals surface area contributed by atoms with Crippen molar-refractivity contribution in [1.29, 1.82) is 0 Å². The monoisotopic (exact) mass is 323 g/mol. The van der Waals surface area contributed by atoms with Gasteiger partial charge in [-0.2, -0.15) is 0 Å². The lowest BCUT2D eigenvalue weighted by atomic mass is 10.3. The SMILES string of the molecule is COc1cc(Nc2nccc(C)n2)cc(OC)c1Br. The molecule has 0 aliphatic carbocycles. The molecule has 0 saturated carbocycles. The summed E-state index contributed by atoms with van der Waals surface area (Å²) in [7, 11) is 3.21. The fourth-order valence-electron chi connectivity index (χ4n) is 1.58. The van der Waals surface area contributed by atoms with Crippen molar-refractivity contribution in [3.63, 3.8) is 0 Å². The van der Waals surface area contributed by atoms with E-state index >= 15 is 0 Å². The van der Waals surface area contributed by atoms with Gasteiger partial charge in [0.1, 0.15) is 16.0 Å². The Morgan fingerprint density at radius 3 is 2.32 bits per heavy atom. The molecule has 0 unspecified atom stereocenters. The lowest BCUT2D eigenvalue weighted by Crippen LogP contribution is -1.99. The summed E-state index contributed by atoms with van der Waals surface area (Å²) in [6.07, 6.45) is 1.71. The Labute approximate surface area is 120 Å². The van der Waals surface area contributed by atoms with E-state index in [0.29, 0.717) is 17.4 Å². The summed E-state index contributed by atoms with van der Waals surface area (Å²) in [6, 6.07) is 5.53. The number of methoxy groups -OCH3 is 2. The molecule has 0 bridgehead atoms. The smallest absolute Gasteiger partial charge is 0.227 e. The van der Waals surface area contributed by atoms with Crippen LogP contribution in [-0.2, 0) is 0 Å². The number of aromatic nitrogens is 2. The van der Waals surface area contributed by atoms with Gasteiger partial charge in [0.25, 0.3) is 0 Å². The largest absolute Gasteiger partial charge is 0.495 e. The summed E-state index contributed by atoms with van der Waals surface area (Å²) in [4.78, 5) is 8.44. The van der Waals surface area contributed by atoms with Crippen LogP contribution in [0, 0.1) is 6.92 Å². The van der Waals surface area contributed by atoms with Crippen LogP contribution >= 0.6 is 15.9 Å². The van der Waals surface area contributed by atoms with Gasteiger partial charge in [-0.3, -0.25) is 0 Å². The zero-order chi connectivity index (χ0) is 13.8. The summed E-state index contributed by atoms with van der Waals surface area (Å²) >= 11 is 3.42. The van der Waals surface area contributed by atoms with Gasteiger partial charge in [-0.1, -0.05) is 0 Å². The summed E-state index contributed by atoms with van der Waals surface area (Å²) in [5.74, 6) is 1.88. The van der Waals surface area contributed by atoms with Gasteiger partial charge in [0.15, 0.2) is 0 Å². The van der Waals surface area contributed by atoms with Crippen LogP contribution in [0.2, 0.25) is 0 Å². The highest BCUT2D eigenvalue weighted by atomic mass is 79.9. The third-order valence-corrected chi connectivity index (χ3v) is 3.28. The summed E-state index contributed by atoms with van der Waals surface area (Å²) in [6.45, 7) is 1.91. The Morgan fingerprint density at radius 1 is 1.16 bits per heavy atom. The molecule has 0 atom stereocenters. The molecule has 0 spiro atoms. The molecule has 1 heterocycles. The molecule has 0 amide bonds. The van der Waals surface area contributed by atoms with E-state index in [9.17, 15) is 0 Å². The summed E-state index contributed by atoms with van der Waals surface area (Å²) < 4.78 is 11.3. The number of ether oxygens (including phenoxy) is 2. The van der Waals surface area contributed by atoms with E-state index in [0.717, 1.165) is 15.9 Å². The first-order chi connectivity index (χ1) is 9.13. The molecule has 0 radical (unpaired) electrons. The topological polar surface area (TPSA) is 56.3 Å². The maximum atomic E-state index is 5.28. The molecule has 100 valence electrons. The van der Waals surface area contributed by atoms with Crippen LogP contribution in [0.25, 0.3) is 0 Å². The normalized spacial score (nSPS) is 10.1. The fraction of sp³-hybridized carbons (Fsp3) is 0.231. The number of rotatable bonds is 4. The minimum atomic E-state index is 0.534. The second kappa shape index (κ2) is 5.88. The number of halogens is 1. The first-order valence-corrected chi connectivity index (χ1v) is 6.41. The lowest BCUT2D eigenvalue weighted by molar-refractivity contribution is 0.390. The van der Waals surface area contributed by atoms with Crippen molar-refractivity contribution in [3.05, 3.63) is 34.6 Å². The van der Waals surface area contributed by atoms with Gasteiger partial charge in [0, 0.05) is 29.7 Å². The molecule has 2 rings (SSSR count). The number of anilines is 2. The number of benzene rings is 1. The number of nitrogens with zero attached hydrogens (tertiary/aromatic N) is 2. The summed E-state index contributed by atoms with van der Waals surface area (Å²) in [5.41, 5.74) is 1.69. The van der Waals surface area contributed by atoms with Gasteiger partial charge < -0.3 is 14.8 Å². The lowest BCUT2D eigenvalue weighted by Gasteiger charge is -2.12. The molecule has 1 N–H and O–H groups in total. The van der Waals surface area contributed by atoms with E-state index < -0.39 is 0 Å². The third kappa shape index (κ3) is 3.14. The molecule has 19 heavy (non-hydrogen) atoms. The van der Waals surface area contributed by atoms with Crippen molar-refractivity contribution >= 4 is 27.6 Å². The zero-order valence-electron chi connectivity index (χ0n) is 10.9.